The van der Waals surface area contributed by atoms with Crippen molar-refractivity contribution in [3.05, 3.63) is 20.8 Å². The summed E-state index contributed by atoms with van der Waals surface area (Å²) in [7, 11) is 1.72. The number of hydrogen-bond donors (Lipinski definition) is 1. The molecule has 2 unspecified atom stereocenters. The maximum Gasteiger partial charge on any atom is 0.0764 e. The predicted octanol–water partition coefficient (Wildman–Crippen LogP) is 3.33. The number of ether oxygens (including phenoxy) is 1. The molecule has 0 radical (unpaired) electrons. The molecule has 1 aromatic heterocycles. The molecule has 0 aliphatic heterocycles. The largest absolute Gasteiger partial charge is 0.379 e. The molecule has 0 bridgehead atoms. The summed E-state index contributed by atoms with van der Waals surface area (Å²) in [6.45, 7) is 2.14. The lowest BCUT2D eigenvalue weighted by molar-refractivity contribution is 0.0724. The highest BCUT2D eigenvalue weighted by Crippen LogP contribution is 2.29. The van der Waals surface area contributed by atoms with Gasteiger partial charge in [0.2, 0.25) is 0 Å². The highest BCUT2D eigenvalue weighted by Gasteiger charge is 2.20. The first-order valence-corrected chi connectivity index (χ1v) is 6.44. The van der Waals surface area contributed by atoms with Gasteiger partial charge in [-0.1, -0.05) is 13.3 Å². The van der Waals surface area contributed by atoms with Gasteiger partial charge < -0.3 is 10.5 Å². The Bertz CT molecular complexity index is 277. The van der Waals surface area contributed by atoms with Crippen LogP contribution in [0.3, 0.4) is 0 Å². The molecule has 0 saturated carbocycles. The zero-order valence-corrected chi connectivity index (χ0v) is 10.9. The van der Waals surface area contributed by atoms with Crippen molar-refractivity contribution in [3.63, 3.8) is 0 Å². The third kappa shape index (κ3) is 2.79. The fraction of sp³-hybridized carbons (Fsp3) is 0.600. The highest BCUT2D eigenvalue weighted by molar-refractivity contribution is 9.10. The molecule has 2 nitrogen and oxygen atoms in total. The molecule has 4 heteroatoms. The third-order valence-electron chi connectivity index (χ3n) is 2.28. The van der Waals surface area contributed by atoms with E-state index < -0.39 is 0 Å². The summed E-state index contributed by atoms with van der Waals surface area (Å²) < 4.78 is 6.48. The van der Waals surface area contributed by atoms with Crippen molar-refractivity contribution in [2.75, 3.05) is 7.11 Å². The van der Waals surface area contributed by atoms with Gasteiger partial charge in [-0.3, -0.25) is 0 Å². The smallest absolute Gasteiger partial charge is 0.0764 e. The zero-order chi connectivity index (χ0) is 10.6. The van der Waals surface area contributed by atoms with Crippen molar-refractivity contribution >= 4 is 27.3 Å². The van der Waals surface area contributed by atoms with Crippen molar-refractivity contribution in [2.24, 2.45) is 5.73 Å². The minimum Gasteiger partial charge on any atom is -0.379 e. The summed E-state index contributed by atoms with van der Waals surface area (Å²) >= 11 is 5.15. The molecule has 1 heterocycles. The summed E-state index contributed by atoms with van der Waals surface area (Å²) in [5, 5.41) is 4.13. The normalized spacial score (nSPS) is 15.4. The first-order valence-electron chi connectivity index (χ1n) is 4.70. The molecule has 0 spiro atoms. The maximum atomic E-state index is 6.13. The lowest BCUT2D eigenvalue weighted by atomic mass is 10.0. The molecule has 80 valence electrons. The second kappa shape index (κ2) is 5.85. The van der Waals surface area contributed by atoms with Gasteiger partial charge in [0.1, 0.15) is 0 Å². The summed E-state index contributed by atoms with van der Waals surface area (Å²) in [4.78, 5) is 0. The van der Waals surface area contributed by atoms with E-state index in [-0.39, 0.29) is 12.1 Å². The quantitative estimate of drug-likeness (QED) is 0.896. The van der Waals surface area contributed by atoms with Crippen LogP contribution in [0.15, 0.2) is 15.2 Å². The van der Waals surface area contributed by atoms with Crippen LogP contribution >= 0.6 is 27.3 Å². The molecule has 1 rings (SSSR count). The Labute approximate surface area is 97.6 Å². The van der Waals surface area contributed by atoms with E-state index in [4.69, 9.17) is 10.5 Å². The monoisotopic (exact) mass is 277 g/mol. The molecule has 2 atom stereocenters. The van der Waals surface area contributed by atoms with Gasteiger partial charge in [-0.25, -0.2) is 0 Å². The van der Waals surface area contributed by atoms with Gasteiger partial charge in [0.15, 0.2) is 0 Å². The number of hydrogen-bond acceptors (Lipinski definition) is 3. The van der Waals surface area contributed by atoms with Crippen molar-refractivity contribution in [3.8, 4) is 0 Å². The number of rotatable bonds is 5. The third-order valence-corrected chi connectivity index (χ3v) is 4.03. The van der Waals surface area contributed by atoms with E-state index in [0.29, 0.717) is 0 Å². The molecular formula is C10H16BrNOS. The number of nitrogens with two attached hydrogens (primary N) is 1. The minimum atomic E-state index is -0.0272. The summed E-state index contributed by atoms with van der Waals surface area (Å²) in [6, 6.07) is -0.0272. The molecular weight excluding hydrogens is 262 g/mol. The number of thiophene rings is 1. The molecule has 0 saturated heterocycles. The van der Waals surface area contributed by atoms with Crippen LogP contribution in [0.1, 0.15) is 31.4 Å². The molecule has 1 aromatic rings. The average molecular weight is 278 g/mol. The maximum absolute atomic E-state index is 6.13. The van der Waals surface area contributed by atoms with Crippen LogP contribution in [0.4, 0.5) is 0 Å². The standard InChI is InChI=1S/C10H16BrNOS/c1-3-4-9(13-2)10(12)7-5-14-6-8(7)11/h5-6,9-10H,3-4,12H2,1-2H3. The molecule has 0 aliphatic carbocycles. The number of methoxy groups -OCH3 is 1. The highest BCUT2D eigenvalue weighted by atomic mass is 79.9. The van der Waals surface area contributed by atoms with E-state index in [1.54, 1.807) is 18.4 Å². The van der Waals surface area contributed by atoms with Crippen molar-refractivity contribution in [1.82, 2.24) is 0 Å². The fourth-order valence-corrected chi connectivity index (χ4v) is 3.07. The van der Waals surface area contributed by atoms with E-state index in [9.17, 15) is 0 Å². The topological polar surface area (TPSA) is 35.2 Å². The Morgan fingerprint density at radius 1 is 1.57 bits per heavy atom. The SMILES string of the molecule is CCCC(OC)C(N)c1cscc1Br. The molecule has 14 heavy (non-hydrogen) atoms. The van der Waals surface area contributed by atoms with Crippen LogP contribution in [0.5, 0.6) is 0 Å². The van der Waals surface area contributed by atoms with E-state index >= 15 is 0 Å². The van der Waals surface area contributed by atoms with Gasteiger partial charge in [0.05, 0.1) is 12.1 Å². The van der Waals surface area contributed by atoms with Gasteiger partial charge in [-0.15, -0.1) is 0 Å². The Hall–Kier alpha value is 0.100. The lowest BCUT2D eigenvalue weighted by Crippen LogP contribution is -2.27. The van der Waals surface area contributed by atoms with Gasteiger partial charge in [-0.2, -0.15) is 11.3 Å². The molecule has 0 fully saturated rings. The van der Waals surface area contributed by atoms with E-state index in [2.05, 4.69) is 28.2 Å². The molecule has 0 aliphatic rings. The first-order chi connectivity index (χ1) is 6.70. The van der Waals surface area contributed by atoms with Gasteiger partial charge >= 0.3 is 0 Å². The fourth-order valence-electron chi connectivity index (χ4n) is 1.46. The second-order valence-electron chi connectivity index (χ2n) is 3.26. The van der Waals surface area contributed by atoms with Crippen LogP contribution in [0.2, 0.25) is 0 Å². The minimum absolute atomic E-state index is 0.0272. The summed E-state index contributed by atoms with van der Waals surface area (Å²) in [5.74, 6) is 0. The number of halogens is 1. The Kier molecular flexibility index (Phi) is 5.09. The van der Waals surface area contributed by atoms with Crippen LogP contribution in [0.25, 0.3) is 0 Å². The van der Waals surface area contributed by atoms with Crippen LogP contribution in [-0.2, 0) is 4.74 Å². The lowest BCUT2D eigenvalue weighted by Gasteiger charge is -2.21. The Balaban J connectivity index is 2.72. The first kappa shape index (κ1) is 12.2. The van der Waals surface area contributed by atoms with Gasteiger partial charge in [0, 0.05) is 17.0 Å². The van der Waals surface area contributed by atoms with Crippen LogP contribution < -0.4 is 5.73 Å². The van der Waals surface area contributed by atoms with Gasteiger partial charge in [0.25, 0.3) is 0 Å². The average Bonchev–Trinajstić information content (AvgIpc) is 2.59. The molecule has 0 amide bonds. The van der Waals surface area contributed by atoms with E-state index in [0.717, 1.165) is 22.9 Å². The Morgan fingerprint density at radius 3 is 2.71 bits per heavy atom. The van der Waals surface area contributed by atoms with Crippen molar-refractivity contribution in [1.29, 1.82) is 0 Å². The second-order valence-corrected chi connectivity index (χ2v) is 4.86. The predicted molar refractivity (Wildman–Crippen MR) is 64.7 cm³/mol. The van der Waals surface area contributed by atoms with Crippen molar-refractivity contribution < 1.29 is 4.74 Å². The van der Waals surface area contributed by atoms with Gasteiger partial charge in [-0.05, 0) is 33.3 Å². The molecule has 0 aromatic carbocycles. The van der Waals surface area contributed by atoms with Crippen molar-refractivity contribution in [2.45, 2.75) is 31.9 Å². The van der Waals surface area contributed by atoms with E-state index in [1.165, 1.54) is 0 Å². The molecule has 2 N–H and O–H groups in total. The van der Waals surface area contributed by atoms with Crippen LogP contribution in [-0.4, -0.2) is 13.2 Å². The summed E-state index contributed by atoms with van der Waals surface area (Å²) in [6.07, 6.45) is 2.21. The van der Waals surface area contributed by atoms with E-state index in [1.807, 2.05) is 5.38 Å². The van der Waals surface area contributed by atoms with Crippen LogP contribution in [0, 0.1) is 0 Å². The zero-order valence-electron chi connectivity index (χ0n) is 8.50. The summed E-state index contributed by atoms with van der Waals surface area (Å²) in [5.41, 5.74) is 7.28. The Morgan fingerprint density at radius 2 is 2.29 bits per heavy atom.